The lowest BCUT2D eigenvalue weighted by atomic mass is 10.0. The van der Waals surface area contributed by atoms with Crippen LogP contribution in [0.4, 0.5) is 0 Å². The average molecular weight is 515 g/mol. The molecule has 2 heterocycles. The Kier molecular flexibility index (Phi) is 8.79. The van der Waals surface area contributed by atoms with Gasteiger partial charge in [0.25, 0.3) is 5.91 Å². The number of sulfonamides is 1. The number of nitrogens with zero attached hydrogens (tertiary/aromatic N) is 1. The van der Waals surface area contributed by atoms with Gasteiger partial charge in [-0.3, -0.25) is 4.79 Å². The summed E-state index contributed by atoms with van der Waals surface area (Å²) < 4.78 is 40.4. The van der Waals surface area contributed by atoms with Crippen molar-refractivity contribution in [3.8, 4) is 5.75 Å². The van der Waals surface area contributed by atoms with Gasteiger partial charge < -0.3 is 9.47 Å². The normalized spacial score (nSPS) is 19.9. The molecule has 0 saturated carbocycles. The van der Waals surface area contributed by atoms with Gasteiger partial charge in [-0.2, -0.15) is 4.31 Å². The van der Waals surface area contributed by atoms with E-state index in [4.69, 9.17) is 14.3 Å². The number of allylic oxidation sites excluding steroid dienone is 1. The van der Waals surface area contributed by atoms with Crippen LogP contribution in [0.15, 0.2) is 53.4 Å². The summed E-state index contributed by atoms with van der Waals surface area (Å²) in [4.78, 5) is 18.7. The molecule has 0 aliphatic carbocycles. The van der Waals surface area contributed by atoms with Crippen molar-refractivity contribution in [3.05, 3.63) is 65.2 Å². The summed E-state index contributed by atoms with van der Waals surface area (Å²) in [6.07, 6.45) is 6.79. The first-order chi connectivity index (χ1) is 17.4. The highest BCUT2D eigenvalue weighted by Crippen LogP contribution is 2.29. The SMILES string of the molecule is C/C=C\c1ccc(S(=O)(=O)N2CCC(Oc3ccccc3)CC2)c(C(=O)NOC2CCCCO2)c1C. The van der Waals surface area contributed by atoms with Crippen LogP contribution in [0.5, 0.6) is 5.75 Å². The van der Waals surface area contributed by atoms with E-state index in [0.29, 0.717) is 44.5 Å². The summed E-state index contributed by atoms with van der Waals surface area (Å²) in [5.74, 6) is 0.170. The van der Waals surface area contributed by atoms with Crippen LogP contribution >= 0.6 is 0 Å². The van der Waals surface area contributed by atoms with E-state index in [1.54, 1.807) is 13.0 Å². The van der Waals surface area contributed by atoms with Crippen LogP contribution in [-0.4, -0.2) is 50.7 Å². The van der Waals surface area contributed by atoms with Crippen LogP contribution in [-0.2, 0) is 19.6 Å². The molecule has 2 aromatic carbocycles. The maximum absolute atomic E-state index is 13.7. The van der Waals surface area contributed by atoms with Gasteiger partial charge in [-0.25, -0.2) is 18.7 Å². The fourth-order valence-electron chi connectivity index (χ4n) is 4.56. The highest BCUT2D eigenvalue weighted by atomic mass is 32.2. The molecule has 2 aliphatic heterocycles. The summed E-state index contributed by atoms with van der Waals surface area (Å²) in [6.45, 7) is 4.81. The number of nitrogens with one attached hydrogen (secondary N) is 1. The quantitative estimate of drug-likeness (QED) is 0.523. The fourth-order valence-corrected chi connectivity index (χ4v) is 6.27. The van der Waals surface area contributed by atoms with Gasteiger partial charge >= 0.3 is 0 Å². The Bertz CT molecular complexity index is 1170. The van der Waals surface area contributed by atoms with Crippen molar-refractivity contribution in [3.63, 3.8) is 0 Å². The van der Waals surface area contributed by atoms with Gasteiger partial charge in [0, 0.05) is 26.1 Å². The number of para-hydroxylation sites is 1. The van der Waals surface area contributed by atoms with Gasteiger partial charge in [-0.15, -0.1) is 0 Å². The lowest BCUT2D eigenvalue weighted by Gasteiger charge is -2.32. The number of hydrogen-bond acceptors (Lipinski definition) is 6. The topological polar surface area (TPSA) is 94.2 Å². The van der Waals surface area contributed by atoms with E-state index in [1.165, 1.54) is 10.4 Å². The summed E-state index contributed by atoms with van der Waals surface area (Å²) in [7, 11) is -3.93. The second kappa shape index (κ2) is 12.0. The molecule has 1 atom stereocenters. The first-order valence-corrected chi connectivity index (χ1v) is 13.9. The largest absolute Gasteiger partial charge is 0.490 e. The average Bonchev–Trinajstić information content (AvgIpc) is 2.90. The van der Waals surface area contributed by atoms with Gasteiger partial charge in [-0.1, -0.05) is 36.4 Å². The molecule has 0 bridgehead atoms. The maximum Gasteiger partial charge on any atom is 0.276 e. The second-order valence-corrected chi connectivity index (χ2v) is 10.9. The number of piperidine rings is 1. The number of rotatable bonds is 8. The van der Waals surface area contributed by atoms with E-state index < -0.39 is 22.2 Å². The molecule has 2 saturated heterocycles. The van der Waals surface area contributed by atoms with E-state index in [0.717, 1.165) is 24.2 Å². The molecular formula is C27H34N2O6S. The molecule has 194 valence electrons. The minimum absolute atomic E-state index is 0.0265. The van der Waals surface area contributed by atoms with Gasteiger partial charge in [0.15, 0.2) is 6.29 Å². The molecule has 2 aromatic rings. The molecule has 36 heavy (non-hydrogen) atoms. The predicted molar refractivity (Wildman–Crippen MR) is 137 cm³/mol. The van der Waals surface area contributed by atoms with Crippen LogP contribution in [0, 0.1) is 6.92 Å². The van der Waals surface area contributed by atoms with E-state index in [9.17, 15) is 13.2 Å². The van der Waals surface area contributed by atoms with Gasteiger partial charge in [-0.05, 0) is 68.9 Å². The smallest absolute Gasteiger partial charge is 0.276 e. The van der Waals surface area contributed by atoms with Crippen molar-refractivity contribution < 1.29 is 27.5 Å². The molecule has 0 radical (unpaired) electrons. The summed E-state index contributed by atoms with van der Waals surface area (Å²) in [5.41, 5.74) is 3.87. The van der Waals surface area contributed by atoms with Gasteiger partial charge in [0.2, 0.25) is 10.0 Å². The Morgan fingerprint density at radius 1 is 1.08 bits per heavy atom. The Morgan fingerprint density at radius 3 is 2.50 bits per heavy atom. The number of hydroxylamine groups is 1. The van der Waals surface area contributed by atoms with Crippen molar-refractivity contribution in [2.24, 2.45) is 0 Å². The number of carbonyl (C=O) groups excluding carboxylic acids is 1. The molecule has 4 rings (SSSR count). The van der Waals surface area contributed by atoms with E-state index in [2.05, 4.69) is 5.48 Å². The Balaban J connectivity index is 1.53. The van der Waals surface area contributed by atoms with Gasteiger partial charge in [0.05, 0.1) is 10.5 Å². The third-order valence-corrected chi connectivity index (χ3v) is 8.47. The number of benzene rings is 2. The molecule has 1 N–H and O–H groups in total. The number of amides is 1. The zero-order valence-corrected chi connectivity index (χ0v) is 21.6. The number of carbonyl (C=O) groups is 1. The molecule has 9 heteroatoms. The van der Waals surface area contributed by atoms with E-state index >= 15 is 0 Å². The lowest BCUT2D eigenvalue weighted by molar-refractivity contribution is -0.186. The number of ether oxygens (including phenoxy) is 2. The molecule has 0 spiro atoms. The van der Waals surface area contributed by atoms with Crippen molar-refractivity contribution in [1.82, 2.24) is 9.79 Å². The molecule has 8 nitrogen and oxygen atoms in total. The molecule has 1 unspecified atom stereocenters. The van der Waals surface area contributed by atoms with Gasteiger partial charge in [0.1, 0.15) is 11.9 Å². The van der Waals surface area contributed by atoms with Crippen molar-refractivity contribution >= 4 is 22.0 Å². The highest BCUT2D eigenvalue weighted by molar-refractivity contribution is 7.89. The first-order valence-electron chi connectivity index (χ1n) is 12.5. The highest BCUT2D eigenvalue weighted by Gasteiger charge is 2.34. The lowest BCUT2D eigenvalue weighted by Crippen LogP contribution is -2.42. The molecular weight excluding hydrogens is 480 g/mol. The fraction of sp³-hybridized carbons (Fsp3) is 0.444. The van der Waals surface area contributed by atoms with Crippen LogP contribution in [0.2, 0.25) is 0 Å². The molecule has 2 fully saturated rings. The summed E-state index contributed by atoms with van der Waals surface area (Å²) in [6, 6.07) is 12.8. The van der Waals surface area contributed by atoms with E-state index in [1.807, 2.05) is 49.4 Å². The third-order valence-electron chi connectivity index (χ3n) is 6.53. The number of hydrogen-bond donors (Lipinski definition) is 1. The minimum Gasteiger partial charge on any atom is -0.490 e. The monoisotopic (exact) mass is 514 g/mol. The van der Waals surface area contributed by atoms with Crippen molar-refractivity contribution in [2.75, 3.05) is 19.7 Å². The molecule has 2 aliphatic rings. The first kappa shape index (κ1) is 26.3. The van der Waals surface area contributed by atoms with Crippen LogP contribution in [0.3, 0.4) is 0 Å². The zero-order valence-electron chi connectivity index (χ0n) is 20.8. The van der Waals surface area contributed by atoms with Crippen molar-refractivity contribution in [2.45, 2.75) is 63.2 Å². The second-order valence-electron chi connectivity index (χ2n) is 9.03. The van der Waals surface area contributed by atoms with Crippen LogP contribution < -0.4 is 10.2 Å². The Labute approximate surface area is 213 Å². The van der Waals surface area contributed by atoms with E-state index in [-0.39, 0.29) is 16.6 Å². The Hall–Kier alpha value is -2.72. The zero-order chi connectivity index (χ0) is 25.5. The third kappa shape index (κ3) is 6.15. The molecule has 1 amide bonds. The predicted octanol–water partition coefficient (Wildman–Crippen LogP) is 4.45. The van der Waals surface area contributed by atoms with Crippen LogP contribution in [0.25, 0.3) is 6.08 Å². The molecule has 0 aromatic heterocycles. The maximum atomic E-state index is 13.7. The standard InChI is InChI=1S/C27H34N2O6S/c1-3-9-21-13-14-24(26(20(21)2)27(30)28-35-25-12-7-8-19-33-25)36(31,32)29-17-15-23(16-18-29)34-22-10-5-4-6-11-22/h3-6,9-11,13-14,23,25H,7-8,12,15-19H2,1-2H3,(H,28,30)/b9-3-. The summed E-state index contributed by atoms with van der Waals surface area (Å²) >= 11 is 0. The summed E-state index contributed by atoms with van der Waals surface area (Å²) in [5, 5.41) is 0. The Morgan fingerprint density at radius 2 is 1.83 bits per heavy atom. The van der Waals surface area contributed by atoms with Crippen molar-refractivity contribution in [1.29, 1.82) is 0 Å². The van der Waals surface area contributed by atoms with Crippen LogP contribution in [0.1, 0.15) is 60.5 Å². The minimum atomic E-state index is -3.93.